The molecule has 0 saturated carbocycles. The van der Waals surface area contributed by atoms with Crippen LogP contribution in [0.2, 0.25) is 0 Å². The summed E-state index contributed by atoms with van der Waals surface area (Å²) < 4.78 is 43.8. The lowest BCUT2D eigenvalue weighted by atomic mass is 10.1. The molecule has 0 spiro atoms. The van der Waals surface area contributed by atoms with E-state index in [2.05, 4.69) is 5.32 Å². The van der Waals surface area contributed by atoms with Crippen molar-refractivity contribution < 1.29 is 37.2 Å². The minimum Gasteiger partial charge on any atom is -0.457 e. The van der Waals surface area contributed by atoms with Crippen molar-refractivity contribution in [2.24, 2.45) is 0 Å². The van der Waals surface area contributed by atoms with E-state index in [1.165, 1.54) is 44.2 Å². The van der Waals surface area contributed by atoms with E-state index in [4.69, 9.17) is 4.74 Å². The first kappa shape index (κ1) is 24.6. The molecule has 1 amide bonds. The molecule has 2 aromatic rings. The number of nitro groups is 1. The van der Waals surface area contributed by atoms with Crippen LogP contribution in [0.3, 0.4) is 0 Å². The predicted octanol–water partition coefficient (Wildman–Crippen LogP) is 3.12. The zero-order valence-electron chi connectivity index (χ0n) is 17.2. The van der Waals surface area contributed by atoms with Crippen molar-refractivity contribution in [1.82, 2.24) is 9.88 Å². The fourth-order valence-electron chi connectivity index (χ4n) is 2.92. The summed E-state index contributed by atoms with van der Waals surface area (Å²) in [5.41, 5.74) is 0.396. The number of nitrogens with one attached hydrogen (secondary N) is 1. The molecule has 1 heterocycles. The van der Waals surface area contributed by atoms with E-state index in [0.29, 0.717) is 0 Å². The molecule has 1 aromatic heterocycles. The molecule has 0 fully saturated rings. The van der Waals surface area contributed by atoms with E-state index < -0.39 is 41.9 Å². The summed E-state index contributed by atoms with van der Waals surface area (Å²) >= 11 is 0. The van der Waals surface area contributed by atoms with Crippen LogP contribution in [-0.4, -0.2) is 46.5 Å². The number of hydrogen-bond acceptors (Lipinski definition) is 6. The normalized spacial score (nSPS) is 11.2. The third kappa shape index (κ3) is 6.65. The number of aromatic nitrogens is 1. The van der Waals surface area contributed by atoms with Gasteiger partial charge in [-0.3, -0.25) is 24.5 Å². The van der Waals surface area contributed by atoms with Crippen molar-refractivity contribution >= 4 is 23.3 Å². The molecule has 2 rings (SSSR count). The van der Waals surface area contributed by atoms with Gasteiger partial charge in [0.25, 0.3) is 11.6 Å². The van der Waals surface area contributed by atoms with E-state index in [1.54, 1.807) is 0 Å². The van der Waals surface area contributed by atoms with E-state index in [0.717, 1.165) is 4.57 Å². The zero-order valence-corrected chi connectivity index (χ0v) is 17.2. The van der Waals surface area contributed by atoms with Crippen molar-refractivity contribution in [1.29, 1.82) is 0 Å². The lowest BCUT2D eigenvalue weighted by Gasteiger charge is -2.12. The summed E-state index contributed by atoms with van der Waals surface area (Å²) in [6.07, 6.45) is -4.70. The van der Waals surface area contributed by atoms with Crippen LogP contribution in [-0.2, 0) is 16.1 Å². The number of ether oxygens (including phenoxy) is 1. The molecule has 32 heavy (non-hydrogen) atoms. The molecule has 0 atom stereocenters. The first-order valence-electron chi connectivity index (χ1n) is 9.34. The smallest absolute Gasteiger partial charge is 0.406 e. The van der Waals surface area contributed by atoms with Gasteiger partial charge in [-0.15, -0.1) is 0 Å². The zero-order chi connectivity index (χ0) is 24.1. The largest absolute Gasteiger partial charge is 0.457 e. The number of amides is 1. The lowest BCUT2D eigenvalue weighted by Crippen LogP contribution is -2.27. The summed E-state index contributed by atoms with van der Waals surface area (Å²) in [7, 11) is 0. The molecule has 172 valence electrons. The van der Waals surface area contributed by atoms with Gasteiger partial charge in [0.1, 0.15) is 6.54 Å². The Bertz CT molecular complexity index is 1030. The third-order valence-electron chi connectivity index (χ3n) is 4.53. The Hall–Kier alpha value is -3.70. The van der Waals surface area contributed by atoms with Crippen molar-refractivity contribution in [3.05, 3.63) is 63.0 Å². The summed E-state index contributed by atoms with van der Waals surface area (Å²) in [5.74, 6) is -1.98. The van der Waals surface area contributed by atoms with E-state index >= 15 is 0 Å². The maximum atomic E-state index is 12.7. The van der Waals surface area contributed by atoms with Crippen LogP contribution in [0.4, 0.5) is 18.9 Å². The highest BCUT2D eigenvalue weighted by Gasteiger charge is 2.30. The number of alkyl halides is 3. The maximum Gasteiger partial charge on any atom is 0.406 e. The van der Waals surface area contributed by atoms with E-state index in [-0.39, 0.29) is 41.2 Å². The molecule has 1 aromatic carbocycles. The Kier molecular flexibility index (Phi) is 7.73. The molecule has 0 aliphatic rings. The second-order valence-corrected chi connectivity index (χ2v) is 6.88. The summed E-state index contributed by atoms with van der Waals surface area (Å²) in [4.78, 5) is 46.0. The number of nitro benzene ring substituents is 1. The third-order valence-corrected chi connectivity index (χ3v) is 4.53. The van der Waals surface area contributed by atoms with Gasteiger partial charge in [-0.2, -0.15) is 13.2 Å². The van der Waals surface area contributed by atoms with Gasteiger partial charge in [-0.1, -0.05) is 0 Å². The highest BCUT2D eigenvalue weighted by atomic mass is 19.4. The average Bonchev–Trinajstić information content (AvgIpc) is 2.99. The van der Waals surface area contributed by atoms with Crippen LogP contribution >= 0.6 is 0 Å². The number of esters is 1. The summed E-state index contributed by atoms with van der Waals surface area (Å²) in [5, 5.41) is 13.0. The minimum atomic E-state index is -4.44. The fourth-order valence-corrected chi connectivity index (χ4v) is 2.92. The standard InChI is InChI=1S/C20H20F3N3O6/c1-12-9-16(13(2)25(12)11-20(21,22)23)17(27)10-32-18(28)7-8-24-19(29)14-3-5-15(6-4-14)26(30)31/h3-6,9H,7-8,10-11H2,1-2H3,(H,24,29). The van der Waals surface area contributed by atoms with E-state index in [1.807, 2.05) is 0 Å². The van der Waals surface area contributed by atoms with Gasteiger partial charge in [-0.05, 0) is 32.0 Å². The Labute approximate surface area is 180 Å². The second-order valence-electron chi connectivity index (χ2n) is 6.88. The van der Waals surface area contributed by atoms with Crippen molar-refractivity contribution in [3.8, 4) is 0 Å². The molecule has 0 aliphatic carbocycles. The molecule has 0 aliphatic heterocycles. The fraction of sp³-hybridized carbons (Fsp3) is 0.350. The molecular weight excluding hydrogens is 435 g/mol. The molecule has 0 unspecified atom stereocenters. The predicted molar refractivity (Wildman–Crippen MR) is 105 cm³/mol. The van der Waals surface area contributed by atoms with Crippen LogP contribution in [0.25, 0.3) is 0 Å². The Morgan fingerprint density at radius 3 is 2.34 bits per heavy atom. The van der Waals surface area contributed by atoms with Crippen LogP contribution in [0.15, 0.2) is 30.3 Å². The van der Waals surface area contributed by atoms with Crippen molar-refractivity contribution in [2.75, 3.05) is 13.2 Å². The number of benzene rings is 1. The number of nitrogens with zero attached hydrogens (tertiary/aromatic N) is 2. The average molecular weight is 455 g/mol. The van der Waals surface area contributed by atoms with Gasteiger partial charge in [0.2, 0.25) is 5.78 Å². The SMILES string of the molecule is Cc1cc(C(=O)COC(=O)CCNC(=O)c2ccc([N+](=O)[O-])cc2)c(C)n1CC(F)(F)F. The number of carbonyl (C=O) groups excluding carboxylic acids is 3. The van der Waals surface area contributed by atoms with Gasteiger partial charge >= 0.3 is 12.1 Å². The molecule has 9 nitrogen and oxygen atoms in total. The van der Waals surface area contributed by atoms with Crippen LogP contribution in [0.1, 0.15) is 38.5 Å². The van der Waals surface area contributed by atoms with Gasteiger partial charge in [-0.25, -0.2) is 0 Å². The van der Waals surface area contributed by atoms with Crippen molar-refractivity contribution in [3.63, 3.8) is 0 Å². The molecule has 12 heteroatoms. The maximum absolute atomic E-state index is 12.7. The Balaban J connectivity index is 1.82. The van der Waals surface area contributed by atoms with Crippen LogP contribution < -0.4 is 5.32 Å². The molecule has 1 N–H and O–H groups in total. The first-order chi connectivity index (χ1) is 14.9. The molecular formula is C20H20F3N3O6. The highest BCUT2D eigenvalue weighted by molar-refractivity contribution is 5.99. The van der Waals surface area contributed by atoms with Crippen LogP contribution in [0, 0.1) is 24.0 Å². The summed E-state index contributed by atoms with van der Waals surface area (Å²) in [6.45, 7) is 0.831. The Morgan fingerprint density at radius 1 is 1.16 bits per heavy atom. The monoisotopic (exact) mass is 455 g/mol. The Morgan fingerprint density at radius 2 is 1.78 bits per heavy atom. The number of halogens is 3. The number of carbonyl (C=O) groups is 3. The minimum absolute atomic E-state index is 0.0334. The van der Waals surface area contributed by atoms with Gasteiger partial charge in [0.05, 0.1) is 11.3 Å². The van der Waals surface area contributed by atoms with Crippen LogP contribution in [0.5, 0.6) is 0 Å². The second kappa shape index (κ2) is 10.1. The quantitative estimate of drug-likeness (QED) is 0.268. The van der Waals surface area contributed by atoms with E-state index in [9.17, 15) is 37.7 Å². The number of hydrogen-bond donors (Lipinski definition) is 1. The number of ketones is 1. The molecule has 0 bridgehead atoms. The van der Waals surface area contributed by atoms with Gasteiger partial charge < -0.3 is 14.6 Å². The topological polar surface area (TPSA) is 121 Å². The van der Waals surface area contributed by atoms with Gasteiger partial charge in [0, 0.05) is 41.2 Å². The number of Topliss-reactive ketones (excluding diaryl/α,β-unsaturated/α-hetero) is 1. The number of non-ortho nitro benzene ring substituents is 1. The number of rotatable bonds is 9. The first-order valence-corrected chi connectivity index (χ1v) is 9.34. The molecule has 0 saturated heterocycles. The number of aryl methyl sites for hydroxylation is 1. The highest BCUT2D eigenvalue weighted by Crippen LogP contribution is 2.23. The van der Waals surface area contributed by atoms with Crippen molar-refractivity contribution in [2.45, 2.75) is 33.0 Å². The lowest BCUT2D eigenvalue weighted by molar-refractivity contribution is -0.384. The summed E-state index contributed by atoms with van der Waals surface area (Å²) in [6, 6.07) is 6.17. The van der Waals surface area contributed by atoms with Gasteiger partial charge in [0.15, 0.2) is 6.61 Å². The molecule has 0 radical (unpaired) electrons.